The van der Waals surface area contributed by atoms with Gasteiger partial charge in [-0.25, -0.2) is 4.79 Å². The standard InChI is InChI=1S/C23H32N2O3.ClH/c1-4-19-15(2)13-23(27)21(16(3)28-22(23)26)20(19)10-8-17-7-9-18(14-24-17)25-11-5-6-12-25;/h7-10,14-16,19-21,27H,4-6,11-13H2,1-3H3;1H/b10-8+;/t15-,16+,19+,20-,21-,23-;/m0./s1. The Morgan fingerprint density at radius 3 is 2.66 bits per heavy atom. The number of cyclic esters (lactones) is 1. The monoisotopic (exact) mass is 420 g/mol. The fourth-order valence-electron chi connectivity index (χ4n) is 5.81. The molecule has 6 atom stereocenters. The molecule has 0 amide bonds. The van der Waals surface area contributed by atoms with Gasteiger partial charge in [-0.15, -0.1) is 12.4 Å². The van der Waals surface area contributed by atoms with Crippen LogP contribution in [0.1, 0.15) is 52.1 Å². The third kappa shape index (κ3) is 3.91. The normalized spacial score (nSPS) is 36.8. The Labute approximate surface area is 179 Å². The first kappa shape index (κ1) is 22.1. The number of aromatic nitrogens is 1. The van der Waals surface area contributed by atoms with E-state index in [1.54, 1.807) is 0 Å². The van der Waals surface area contributed by atoms with Crippen LogP contribution in [0.4, 0.5) is 5.69 Å². The quantitative estimate of drug-likeness (QED) is 0.743. The summed E-state index contributed by atoms with van der Waals surface area (Å²) in [5.74, 6) is 0.144. The van der Waals surface area contributed by atoms with Crippen molar-refractivity contribution >= 4 is 30.1 Å². The summed E-state index contributed by atoms with van der Waals surface area (Å²) in [5.41, 5.74) is 0.745. The van der Waals surface area contributed by atoms with Crippen molar-refractivity contribution in [1.82, 2.24) is 4.98 Å². The number of pyridine rings is 1. The summed E-state index contributed by atoms with van der Waals surface area (Å²) < 4.78 is 5.46. The van der Waals surface area contributed by atoms with Crippen molar-refractivity contribution in [2.24, 2.45) is 23.7 Å². The zero-order valence-corrected chi connectivity index (χ0v) is 18.4. The van der Waals surface area contributed by atoms with Crippen molar-refractivity contribution in [2.75, 3.05) is 18.0 Å². The molecule has 160 valence electrons. The lowest BCUT2D eigenvalue weighted by Gasteiger charge is -2.45. The number of esters is 1. The molecule has 0 radical (unpaired) electrons. The Morgan fingerprint density at radius 2 is 2.03 bits per heavy atom. The molecule has 0 spiro atoms. The molecule has 1 N–H and O–H groups in total. The number of carbonyl (C=O) groups is 1. The maximum Gasteiger partial charge on any atom is 0.338 e. The Balaban J connectivity index is 0.00000240. The Kier molecular flexibility index (Phi) is 6.59. The SMILES string of the molecule is CC[C@H]1[C@H](/C=C/c2ccc(N3CCCC3)cn2)[C@@H]2[C@@H](C)OC(=O)[C@]2(O)C[C@@H]1C.Cl. The highest BCUT2D eigenvalue weighted by atomic mass is 35.5. The smallest absolute Gasteiger partial charge is 0.338 e. The molecular weight excluding hydrogens is 388 g/mol. The Bertz CT molecular complexity index is 747. The second-order valence-electron chi connectivity index (χ2n) is 8.89. The first-order chi connectivity index (χ1) is 13.4. The van der Waals surface area contributed by atoms with Crippen LogP contribution in [0, 0.1) is 23.7 Å². The number of hydrogen-bond acceptors (Lipinski definition) is 5. The number of fused-ring (bicyclic) bond motifs is 1. The summed E-state index contributed by atoms with van der Waals surface area (Å²) in [6.07, 6.45) is 9.92. The summed E-state index contributed by atoms with van der Waals surface area (Å²) in [6.45, 7) is 8.47. The van der Waals surface area contributed by atoms with Crippen LogP contribution in [-0.4, -0.2) is 40.9 Å². The van der Waals surface area contributed by atoms with E-state index in [9.17, 15) is 9.90 Å². The molecule has 1 aromatic rings. The van der Waals surface area contributed by atoms with Gasteiger partial charge in [-0.1, -0.05) is 26.3 Å². The molecule has 29 heavy (non-hydrogen) atoms. The van der Waals surface area contributed by atoms with Crippen molar-refractivity contribution in [2.45, 2.75) is 58.2 Å². The van der Waals surface area contributed by atoms with Crippen molar-refractivity contribution in [3.05, 3.63) is 30.1 Å². The van der Waals surface area contributed by atoms with Crippen LogP contribution in [0.3, 0.4) is 0 Å². The van der Waals surface area contributed by atoms with Gasteiger partial charge in [-0.2, -0.15) is 0 Å². The van der Waals surface area contributed by atoms with Crippen LogP contribution >= 0.6 is 12.4 Å². The number of allylic oxidation sites excluding steroid dienone is 1. The van der Waals surface area contributed by atoms with Crippen molar-refractivity contribution < 1.29 is 14.6 Å². The average Bonchev–Trinajstić information content (AvgIpc) is 3.27. The third-order valence-corrected chi connectivity index (χ3v) is 7.18. The van der Waals surface area contributed by atoms with Gasteiger partial charge in [0, 0.05) is 19.0 Å². The number of ether oxygens (including phenoxy) is 1. The molecule has 1 saturated carbocycles. The molecule has 3 aliphatic rings. The highest BCUT2D eigenvalue weighted by Gasteiger charge is 2.62. The van der Waals surface area contributed by atoms with Gasteiger partial charge in [0.05, 0.1) is 17.6 Å². The molecule has 1 aromatic heterocycles. The summed E-state index contributed by atoms with van der Waals surface area (Å²) in [5, 5.41) is 11.1. The third-order valence-electron chi connectivity index (χ3n) is 7.18. The minimum atomic E-state index is -1.35. The lowest BCUT2D eigenvalue weighted by molar-refractivity contribution is -0.160. The van der Waals surface area contributed by atoms with E-state index < -0.39 is 11.6 Å². The van der Waals surface area contributed by atoms with Gasteiger partial charge < -0.3 is 14.7 Å². The fourth-order valence-corrected chi connectivity index (χ4v) is 5.81. The molecular formula is C23H33ClN2O3. The predicted molar refractivity (Wildman–Crippen MR) is 117 cm³/mol. The van der Waals surface area contributed by atoms with Crippen molar-refractivity contribution in [3.63, 3.8) is 0 Å². The number of aliphatic hydroxyl groups is 1. The van der Waals surface area contributed by atoms with Gasteiger partial charge in [0.25, 0.3) is 0 Å². The van der Waals surface area contributed by atoms with E-state index in [4.69, 9.17) is 4.74 Å². The van der Waals surface area contributed by atoms with Crippen LogP contribution in [0.15, 0.2) is 24.4 Å². The van der Waals surface area contributed by atoms with E-state index in [0.717, 1.165) is 25.2 Å². The second kappa shape index (κ2) is 8.65. The first-order valence-corrected chi connectivity index (χ1v) is 10.8. The minimum absolute atomic E-state index is 0. The van der Waals surface area contributed by atoms with Crippen LogP contribution < -0.4 is 4.90 Å². The lowest BCUT2D eigenvalue weighted by Crippen LogP contribution is -2.53. The van der Waals surface area contributed by atoms with Gasteiger partial charge >= 0.3 is 5.97 Å². The first-order valence-electron chi connectivity index (χ1n) is 10.8. The van der Waals surface area contributed by atoms with Crippen LogP contribution in [-0.2, 0) is 9.53 Å². The molecule has 6 heteroatoms. The molecule has 0 bridgehead atoms. The molecule has 2 saturated heterocycles. The molecule has 2 aliphatic heterocycles. The van der Waals surface area contributed by atoms with Gasteiger partial charge in [0.2, 0.25) is 0 Å². The number of carbonyl (C=O) groups excluding carboxylic acids is 1. The van der Waals surface area contributed by atoms with Gasteiger partial charge in [-0.3, -0.25) is 4.98 Å². The van der Waals surface area contributed by atoms with E-state index in [1.807, 2.05) is 13.1 Å². The van der Waals surface area contributed by atoms with Crippen LogP contribution in [0.2, 0.25) is 0 Å². The van der Waals surface area contributed by atoms with E-state index in [2.05, 4.69) is 48.0 Å². The highest BCUT2D eigenvalue weighted by Crippen LogP contribution is 2.52. The summed E-state index contributed by atoms with van der Waals surface area (Å²) in [7, 11) is 0. The van der Waals surface area contributed by atoms with E-state index in [0.29, 0.717) is 12.3 Å². The summed E-state index contributed by atoms with van der Waals surface area (Å²) in [6, 6.07) is 4.20. The molecule has 4 rings (SSSR count). The lowest BCUT2D eigenvalue weighted by atomic mass is 9.59. The van der Waals surface area contributed by atoms with Gasteiger partial charge in [0.15, 0.2) is 5.60 Å². The van der Waals surface area contributed by atoms with E-state index >= 15 is 0 Å². The number of hydrogen-bond donors (Lipinski definition) is 1. The van der Waals surface area contributed by atoms with Crippen molar-refractivity contribution in [3.8, 4) is 0 Å². The fraction of sp³-hybridized carbons (Fsp3) is 0.652. The molecule has 3 heterocycles. The maximum atomic E-state index is 12.4. The zero-order valence-electron chi connectivity index (χ0n) is 17.6. The topological polar surface area (TPSA) is 62.7 Å². The van der Waals surface area contributed by atoms with Crippen molar-refractivity contribution in [1.29, 1.82) is 0 Å². The summed E-state index contributed by atoms with van der Waals surface area (Å²) in [4.78, 5) is 19.4. The summed E-state index contributed by atoms with van der Waals surface area (Å²) >= 11 is 0. The van der Waals surface area contributed by atoms with Crippen LogP contribution in [0.25, 0.3) is 6.08 Å². The largest absolute Gasteiger partial charge is 0.460 e. The van der Waals surface area contributed by atoms with Gasteiger partial charge in [0.1, 0.15) is 6.10 Å². The van der Waals surface area contributed by atoms with E-state index in [-0.39, 0.29) is 36.3 Å². The Morgan fingerprint density at radius 1 is 1.31 bits per heavy atom. The zero-order chi connectivity index (χ0) is 19.9. The molecule has 1 aliphatic carbocycles. The molecule has 0 unspecified atom stereocenters. The molecule has 0 aromatic carbocycles. The Hall–Kier alpha value is -1.59. The van der Waals surface area contributed by atoms with E-state index in [1.165, 1.54) is 18.5 Å². The van der Waals surface area contributed by atoms with Gasteiger partial charge in [-0.05, 0) is 62.1 Å². The highest BCUT2D eigenvalue weighted by molar-refractivity contribution is 5.85. The predicted octanol–water partition coefficient (Wildman–Crippen LogP) is 4.09. The van der Waals surface area contributed by atoms with Crippen LogP contribution in [0.5, 0.6) is 0 Å². The number of rotatable bonds is 4. The molecule has 5 nitrogen and oxygen atoms in total. The minimum Gasteiger partial charge on any atom is -0.460 e. The number of anilines is 1. The number of halogens is 1. The molecule has 3 fully saturated rings. The number of nitrogens with zero attached hydrogens (tertiary/aromatic N) is 2. The maximum absolute atomic E-state index is 12.4. The second-order valence-corrected chi connectivity index (χ2v) is 8.89. The average molecular weight is 421 g/mol.